The number of carbonyl (C=O) groups is 1. The summed E-state index contributed by atoms with van der Waals surface area (Å²) in [6.07, 6.45) is 1.30. The zero-order valence-electron chi connectivity index (χ0n) is 8.79. The summed E-state index contributed by atoms with van der Waals surface area (Å²) in [5.41, 5.74) is 0. The molecule has 0 unspecified atom stereocenters. The van der Waals surface area contributed by atoms with Crippen LogP contribution in [0.5, 0.6) is 0 Å². The molecule has 0 aromatic heterocycles. The summed E-state index contributed by atoms with van der Waals surface area (Å²) < 4.78 is 27.9. The van der Waals surface area contributed by atoms with Gasteiger partial charge in [-0.1, -0.05) is 18.2 Å². The van der Waals surface area contributed by atoms with Gasteiger partial charge in [-0.05, 0) is 18.2 Å². The fourth-order valence-corrected chi connectivity index (χ4v) is 2.05. The Morgan fingerprint density at radius 3 is 2.50 bits per heavy atom. The van der Waals surface area contributed by atoms with Crippen LogP contribution in [0.15, 0.2) is 46.7 Å². The van der Waals surface area contributed by atoms with Crippen LogP contribution >= 0.6 is 0 Å². The van der Waals surface area contributed by atoms with E-state index in [9.17, 15) is 13.2 Å². The lowest BCUT2D eigenvalue weighted by Gasteiger charge is -1.98. The molecule has 0 fully saturated rings. The van der Waals surface area contributed by atoms with Gasteiger partial charge in [0.2, 0.25) is 0 Å². The van der Waals surface area contributed by atoms with Gasteiger partial charge < -0.3 is 4.74 Å². The lowest BCUT2D eigenvalue weighted by molar-refractivity contribution is -0.139. The Morgan fingerprint density at radius 1 is 1.31 bits per heavy atom. The van der Waals surface area contributed by atoms with Crippen molar-refractivity contribution in [3.63, 3.8) is 0 Å². The molecule has 0 amide bonds. The number of benzene rings is 1. The molecule has 1 rings (SSSR count). The van der Waals surface area contributed by atoms with Crippen LogP contribution in [0.25, 0.3) is 0 Å². The quantitative estimate of drug-likeness (QED) is 0.749. The summed E-state index contributed by atoms with van der Waals surface area (Å²) in [4.78, 5) is 10.6. The van der Waals surface area contributed by atoms with Gasteiger partial charge in [0.05, 0.1) is 4.90 Å². The Bertz CT molecular complexity index is 474. The van der Waals surface area contributed by atoms with Crippen LogP contribution in [0.4, 0.5) is 0 Å². The Kier molecular flexibility index (Phi) is 4.25. The van der Waals surface area contributed by atoms with Crippen LogP contribution in [0.3, 0.4) is 0 Å². The summed E-state index contributed by atoms with van der Waals surface area (Å²) in [5.74, 6) is -0.443. The standard InChI is InChI=1S/C11H12O4S/c1-10(12)15-8-5-9-16(13,14)11-6-3-2-4-7-11/h2-7,9H,8H2,1H3. The third kappa shape index (κ3) is 3.86. The molecule has 16 heavy (non-hydrogen) atoms. The van der Waals surface area contributed by atoms with E-state index in [2.05, 4.69) is 4.74 Å². The minimum Gasteiger partial charge on any atom is -0.462 e. The second kappa shape index (κ2) is 5.46. The third-order valence-corrected chi connectivity index (χ3v) is 3.21. The lowest BCUT2D eigenvalue weighted by Crippen LogP contribution is -2.00. The molecule has 5 heteroatoms. The van der Waals surface area contributed by atoms with E-state index in [1.54, 1.807) is 18.2 Å². The van der Waals surface area contributed by atoms with Crippen molar-refractivity contribution in [2.24, 2.45) is 0 Å². The number of ether oxygens (including phenoxy) is 1. The maximum absolute atomic E-state index is 11.6. The summed E-state index contributed by atoms with van der Waals surface area (Å²) in [5, 5.41) is 1.03. The Balaban J connectivity index is 2.70. The molecule has 86 valence electrons. The van der Waals surface area contributed by atoms with Crippen molar-refractivity contribution >= 4 is 15.8 Å². The number of carbonyl (C=O) groups excluding carboxylic acids is 1. The molecule has 0 radical (unpaired) electrons. The number of esters is 1. The molecular weight excluding hydrogens is 228 g/mol. The minimum atomic E-state index is -3.43. The van der Waals surface area contributed by atoms with Crippen molar-refractivity contribution in [3.8, 4) is 0 Å². The summed E-state index contributed by atoms with van der Waals surface area (Å²) in [7, 11) is -3.43. The lowest BCUT2D eigenvalue weighted by atomic mass is 10.4. The zero-order valence-corrected chi connectivity index (χ0v) is 9.61. The average Bonchev–Trinajstić information content (AvgIpc) is 2.26. The molecule has 0 bridgehead atoms. The molecule has 0 aliphatic rings. The Morgan fingerprint density at radius 2 is 1.94 bits per heavy atom. The van der Waals surface area contributed by atoms with Crippen molar-refractivity contribution < 1.29 is 17.9 Å². The van der Waals surface area contributed by atoms with E-state index in [0.717, 1.165) is 5.41 Å². The van der Waals surface area contributed by atoms with Gasteiger partial charge >= 0.3 is 5.97 Å². The van der Waals surface area contributed by atoms with Gasteiger partial charge in [0.25, 0.3) is 0 Å². The van der Waals surface area contributed by atoms with E-state index in [1.165, 1.54) is 25.1 Å². The van der Waals surface area contributed by atoms with Crippen LogP contribution in [-0.2, 0) is 19.4 Å². The van der Waals surface area contributed by atoms with Gasteiger partial charge in [0.1, 0.15) is 6.61 Å². The van der Waals surface area contributed by atoms with Crippen LogP contribution in [0.1, 0.15) is 6.92 Å². The monoisotopic (exact) mass is 240 g/mol. The van der Waals surface area contributed by atoms with E-state index < -0.39 is 15.8 Å². The molecule has 4 nitrogen and oxygen atoms in total. The van der Waals surface area contributed by atoms with Gasteiger partial charge in [-0.2, -0.15) is 0 Å². The molecule has 0 aliphatic heterocycles. The molecule has 0 atom stereocenters. The zero-order chi connectivity index (χ0) is 12.0. The first-order valence-corrected chi connectivity index (χ1v) is 6.17. The SMILES string of the molecule is CC(=O)OCC=CS(=O)(=O)c1ccccc1. The average molecular weight is 240 g/mol. The van der Waals surface area contributed by atoms with Crippen molar-refractivity contribution in [3.05, 3.63) is 41.8 Å². The first-order chi connectivity index (χ1) is 7.52. The molecule has 1 aromatic carbocycles. The molecule has 0 aliphatic carbocycles. The normalized spacial score (nSPS) is 11.6. The van der Waals surface area contributed by atoms with Crippen LogP contribution in [-0.4, -0.2) is 21.0 Å². The van der Waals surface area contributed by atoms with Crippen molar-refractivity contribution in [1.82, 2.24) is 0 Å². The highest BCUT2D eigenvalue weighted by Gasteiger charge is 2.08. The highest BCUT2D eigenvalue weighted by Crippen LogP contribution is 2.10. The number of sulfone groups is 1. The van der Waals surface area contributed by atoms with E-state index in [4.69, 9.17) is 0 Å². The van der Waals surface area contributed by atoms with E-state index in [1.807, 2.05) is 0 Å². The maximum atomic E-state index is 11.6. The predicted octanol–water partition coefficient (Wildman–Crippen LogP) is 1.54. The second-order valence-corrected chi connectivity index (χ2v) is 4.87. The topological polar surface area (TPSA) is 60.4 Å². The summed E-state index contributed by atoms with van der Waals surface area (Å²) in [6, 6.07) is 8.04. The van der Waals surface area contributed by atoms with Gasteiger partial charge in [-0.25, -0.2) is 8.42 Å². The summed E-state index contributed by atoms with van der Waals surface area (Å²) >= 11 is 0. The highest BCUT2D eigenvalue weighted by molar-refractivity contribution is 7.94. The van der Waals surface area contributed by atoms with Gasteiger partial charge in [-0.3, -0.25) is 4.79 Å². The first-order valence-electron chi connectivity index (χ1n) is 4.62. The first kappa shape index (κ1) is 12.4. The molecule has 0 spiro atoms. The van der Waals surface area contributed by atoms with Gasteiger partial charge in [-0.15, -0.1) is 0 Å². The predicted molar refractivity (Wildman–Crippen MR) is 59.4 cm³/mol. The second-order valence-electron chi connectivity index (χ2n) is 3.03. The Hall–Kier alpha value is -1.62. The fourth-order valence-electron chi connectivity index (χ4n) is 1.02. The third-order valence-electron chi connectivity index (χ3n) is 1.73. The highest BCUT2D eigenvalue weighted by atomic mass is 32.2. The van der Waals surface area contributed by atoms with Crippen LogP contribution < -0.4 is 0 Å². The largest absolute Gasteiger partial charge is 0.462 e. The fraction of sp³-hybridized carbons (Fsp3) is 0.182. The van der Waals surface area contributed by atoms with Crippen molar-refractivity contribution in [2.75, 3.05) is 6.61 Å². The van der Waals surface area contributed by atoms with Crippen molar-refractivity contribution in [2.45, 2.75) is 11.8 Å². The minimum absolute atomic E-state index is 0.0403. The van der Waals surface area contributed by atoms with Gasteiger partial charge in [0, 0.05) is 12.3 Å². The molecule has 0 heterocycles. The smallest absolute Gasteiger partial charge is 0.302 e. The molecular formula is C11H12O4S. The molecule has 0 saturated carbocycles. The number of rotatable bonds is 4. The summed E-state index contributed by atoms with van der Waals surface area (Å²) in [6.45, 7) is 1.22. The number of hydrogen-bond acceptors (Lipinski definition) is 4. The molecule has 0 N–H and O–H groups in total. The Labute approximate surface area is 94.5 Å². The number of hydrogen-bond donors (Lipinski definition) is 0. The molecule has 1 aromatic rings. The van der Waals surface area contributed by atoms with E-state index >= 15 is 0 Å². The van der Waals surface area contributed by atoms with Crippen molar-refractivity contribution in [1.29, 1.82) is 0 Å². The molecule has 0 saturated heterocycles. The van der Waals surface area contributed by atoms with Crippen LogP contribution in [0, 0.1) is 0 Å². The maximum Gasteiger partial charge on any atom is 0.302 e. The van der Waals surface area contributed by atoms with Crippen LogP contribution in [0.2, 0.25) is 0 Å². The van der Waals surface area contributed by atoms with Gasteiger partial charge in [0.15, 0.2) is 9.84 Å². The van der Waals surface area contributed by atoms with E-state index in [-0.39, 0.29) is 11.5 Å². The van der Waals surface area contributed by atoms with E-state index in [0.29, 0.717) is 0 Å².